The van der Waals surface area contributed by atoms with Gasteiger partial charge >= 0.3 is 0 Å². The van der Waals surface area contributed by atoms with E-state index >= 15 is 0 Å². The van der Waals surface area contributed by atoms with Gasteiger partial charge in [0.1, 0.15) is 0 Å². The van der Waals surface area contributed by atoms with Crippen molar-refractivity contribution in [3.8, 4) is 0 Å². The number of rotatable bonds is 4. The number of hydrogen-bond acceptors (Lipinski definition) is 0. The quantitative estimate of drug-likeness (QED) is 0.638. The van der Waals surface area contributed by atoms with E-state index in [4.69, 9.17) is 0 Å². The van der Waals surface area contributed by atoms with Crippen LogP contribution in [0.15, 0.2) is 52.2 Å². The average Bonchev–Trinajstić information content (AvgIpc) is 2.78. The molecule has 0 N–H and O–H groups in total. The van der Waals surface area contributed by atoms with E-state index in [0.717, 1.165) is 5.92 Å². The van der Waals surface area contributed by atoms with Gasteiger partial charge in [0, 0.05) is 0 Å². The van der Waals surface area contributed by atoms with Gasteiger partial charge in [-0.25, -0.2) is 0 Å². The molecule has 0 amide bonds. The largest absolute Gasteiger partial charge is 0.0990 e. The van der Waals surface area contributed by atoms with Gasteiger partial charge in [0.2, 0.25) is 0 Å². The van der Waals surface area contributed by atoms with E-state index in [1.165, 1.54) is 38.1 Å². The first-order valence-electron chi connectivity index (χ1n) is 9.53. The summed E-state index contributed by atoms with van der Waals surface area (Å²) in [4.78, 5) is 0. The molecule has 3 rings (SSSR count). The van der Waals surface area contributed by atoms with Gasteiger partial charge in [0.05, 0.1) is 8.80 Å². The van der Waals surface area contributed by atoms with Crippen molar-refractivity contribution in [3.63, 3.8) is 0 Å². The molecule has 1 aromatic rings. The normalized spacial score (nSPS) is 24.4. The Bertz CT molecular complexity index is 602. The van der Waals surface area contributed by atoms with Crippen LogP contribution in [-0.2, 0) is 0 Å². The molecule has 0 nitrogen and oxygen atoms in total. The van der Waals surface area contributed by atoms with Crippen LogP contribution in [0.25, 0.3) is 0 Å². The molecule has 0 spiro atoms. The van der Waals surface area contributed by atoms with Gasteiger partial charge in [0.25, 0.3) is 0 Å². The van der Waals surface area contributed by atoms with Crippen molar-refractivity contribution in [3.05, 3.63) is 52.2 Å². The van der Waals surface area contributed by atoms with Crippen molar-refractivity contribution in [2.24, 2.45) is 11.8 Å². The second-order valence-electron chi connectivity index (χ2n) is 7.81. The summed E-state index contributed by atoms with van der Waals surface area (Å²) >= 11 is 0. The minimum Gasteiger partial charge on any atom is -0.0690 e. The molecule has 0 heterocycles. The fourth-order valence-corrected chi connectivity index (χ4v) is 9.15. The summed E-state index contributed by atoms with van der Waals surface area (Å²) in [6, 6.07) is 13.0. The highest BCUT2D eigenvalue weighted by Gasteiger charge is 2.33. The summed E-state index contributed by atoms with van der Waals surface area (Å²) in [7, 11) is -1.07. The van der Waals surface area contributed by atoms with Crippen molar-refractivity contribution in [2.45, 2.75) is 65.8 Å². The summed E-state index contributed by atoms with van der Waals surface area (Å²) in [6.07, 6.45) is 7.34. The Morgan fingerprint density at radius 3 is 2.13 bits per heavy atom. The van der Waals surface area contributed by atoms with E-state index < -0.39 is 8.80 Å². The van der Waals surface area contributed by atoms with Crippen LogP contribution in [0.4, 0.5) is 0 Å². The van der Waals surface area contributed by atoms with Crippen molar-refractivity contribution in [1.82, 2.24) is 0 Å². The second kappa shape index (κ2) is 7.21. The fraction of sp³-hybridized carbons (Fsp3) is 0.545. The minimum atomic E-state index is -1.07. The molecule has 124 valence electrons. The molecule has 2 unspecified atom stereocenters. The van der Waals surface area contributed by atoms with E-state index in [-0.39, 0.29) is 0 Å². The molecule has 0 bridgehead atoms. The van der Waals surface area contributed by atoms with Crippen LogP contribution in [0.2, 0.25) is 6.04 Å². The molecular formula is C22H32Si. The van der Waals surface area contributed by atoms with Gasteiger partial charge in [-0.1, -0.05) is 90.9 Å². The maximum Gasteiger partial charge on any atom is 0.0990 e. The Labute approximate surface area is 144 Å². The zero-order valence-electron chi connectivity index (χ0n) is 15.4. The monoisotopic (exact) mass is 324 g/mol. The molecule has 23 heavy (non-hydrogen) atoms. The number of benzene rings is 1. The van der Waals surface area contributed by atoms with Crippen molar-refractivity contribution in [2.75, 3.05) is 0 Å². The van der Waals surface area contributed by atoms with E-state index in [2.05, 4.69) is 58.0 Å². The maximum absolute atomic E-state index is 2.45. The Hall–Kier alpha value is -1.08. The molecule has 2 aliphatic rings. The third kappa shape index (κ3) is 3.40. The number of hydrogen-bond donors (Lipinski definition) is 0. The standard InChI is InChI=1S/C22H32Si/c1-16-17(2)19(4)22(18(16)3)23(21-13-9-6-10-14-21)15-20-11-7-5-8-12-20/h6,9-10,13-14,18,20,23H,5,7-8,11-12,15H2,1-4H3. The molecule has 0 aliphatic heterocycles. The second-order valence-corrected chi connectivity index (χ2v) is 10.7. The lowest BCUT2D eigenvalue weighted by atomic mass is 9.91. The lowest BCUT2D eigenvalue weighted by Gasteiger charge is -2.29. The van der Waals surface area contributed by atoms with Crippen LogP contribution in [0.3, 0.4) is 0 Å². The molecule has 1 fully saturated rings. The fourth-order valence-electron chi connectivity index (χ4n) is 4.84. The average molecular weight is 325 g/mol. The summed E-state index contributed by atoms with van der Waals surface area (Å²) in [6.45, 7) is 9.54. The molecule has 1 heteroatoms. The summed E-state index contributed by atoms with van der Waals surface area (Å²) < 4.78 is 0. The lowest BCUT2D eigenvalue weighted by Crippen LogP contribution is -2.37. The summed E-state index contributed by atoms with van der Waals surface area (Å²) in [5.74, 6) is 1.66. The minimum absolute atomic E-state index is 0.676. The summed E-state index contributed by atoms with van der Waals surface area (Å²) in [5.41, 5.74) is 4.82. The predicted molar refractivity (Wildman–Crippen MR) is 105 cm³/mol. The van der Waals surface area contributed by atoms with Gasteiger partial charge in [-0.3, -0.25) is 0 Å². The Balaban J connectivity index is 1.93. The molecule has 0 saturated heterocycles. The van der Waals surface area contributed by atoms with Crippen molar-refractivity contribution < 1.29 is 0 Å². The van der Waals surface area contributed by atoms with Gasteiger partial charge in [0.15, 0.2) is 0 Å². The lowest BCUT2D eigenvalue weighted by molar-refractivity contribution is 0.383. The zero-order valence-corrected chi connectivity index (χ0v) is 16.5. The van der Waals surface area contributed by atoms with E-state index in [1.54, 1.807) is 21.9 Å². The van der Waals surface area contributed by atoms with Gasteiger partial charge in [-0.2, -0.15) is 0 Å². The first-order chi connectivity index (χ1) is 11.1. The van der Waals surface area contributed by atoms with Crippen molar-refractivity contribution >= 4 is 14.0 Å². The van der Waals surface area contributed by atoms with Gasteiger partial charge in [-0.15, -0.1) is 0 Å². The molecule has 1 aromatic carbocycles. The Morgan fingerprint density at radius 1 is 0.913 bits per heavy atom. The van der Waals surface area contributed by atoms with Crippen LogP contribution in [-0.4, -0.2) is 8.80 Å². The van der Waals surface area contributed by atoms with E-state index in [1.807, 2.05) is 5.20 Å². The van der Waals surface area contributed by atoms with Crippen LogP contribution in [0.1, 0.15) is 59.8 Å². The molecule has 1 saturated carbocycles. The first kappa shape index (κ1) is 16.8. The molecule has 0 aromatic heterocycles. The summed E-state index contributed by atoms with van der Waals surface area (Å²) in [5, 5.41) is 3.51. The Kier molecular flexibility index (Phi) is 5.26. The van der Waals surface area contributed by atoms with Crippen LogP contribution in [0.5, 0.6) is 0 Å². The molecule has 0 radical (unpaired) electrons. The molecule has 2 atom stereocenters. The topological polar surface area (TPSA) is 0 Å². The Morgan fingerprint density at radius 2 is 1.57 bits per heavy atom. The predicted octanol–water partition coefficient (Wildman–Crippen LogP) is 5.54. The van der Waals surface area contributed by atoms with Crippen LogP contribution < -0.4 is 5.19 Å². The van der Waals surface area contributed by atoms with Crippen LogP contribution >= 0.6 is 0 Å². The smallest absolute Gasteiger partial charge is 0.0690 e. The van der Waals surface area contributed by atoms with E-state index in [9.17, 15) is 0 Å². The highest BCUT2D eigenvalue weighted by atomic mass is 28.3. The molecule has 2 aliphatic carbocycles. The highest BCUT2D eigenvalue weighted by molar-refractivity contribution is 6.80. The van der Waals surface area contributed by atoms with Crippen LogP contribution in [0, 0.1) is 11.8 Å². The first-order valence-corrected chi connectivity index (χ1v) is 11.5. The SMILES string of the molecule is CC1=C(C)C(C)C([SiH](CC2CCCCC2)c2ccccc2)=C1C. The number of allylic oxidation sites excluding steroid dienone is 4. The van der Waals surface area contributed by atoms with Crippen molar-refractivity contribution in [1.29, 1.82) is 0 Å². The zero-order chi connectivity index (χ0) is 16.4. The molecular weight excluding hydrogens is 292 g/mol. The van der Waals surface area contributed by atoms with Gasteiger partial charge in [-0.05, 0) is 44.2 Å². The van der Waals surface area contributed by atoms with E-state index in [0.29, 0.717) is 5.92 Å². The third-order valence-electron chi connectivity index (χ3n) is 6.57. The maximum atomic E-state index is 2.45. The third-order valence-corrected chi connectivity index (χ3v) is 10.6. The highest BCUT2D eigenvalue weighted by Crippen LogP contribution is 2.40. The van der Waals surface area contributed by atoms with Gasteiger partial charge < -0.3 is 0 Å².